The van der Waals surface area contributed by atoms with Crippen molar-refractivity contribution in [1.82, 2.24) is 16.0 Å². The zero-order chi connectivity index (χ0) is 60.0. The first-order valence-corrected chi connectivity index (χ1v) is 30.0. The van der Waals surface area contributed by atoms with Gasteiger partial charge in [0.25, 0.3) is 5.91 Å². The minimum absolute atomic E-state index is 0.0990. The highest BCUT2D eigenvalue weighted by Crippen LogP contribution is 2.54. The number of hydrogen-bond donors (Lipinski definition) is 5. The Morgan fingerprint density at radius 3 is 2.42 bits per heavy atom. The van der Waals surface area contributed by atoms with Gasteiger partial charge in [0.1, 0.15) is 16.2 Å². The van der Waals surface area contributed by atoms with E-state index in [2.05, 4.69) is 71.3 Å². The number of ether oxygens (including phenoxy) is 4. The summed E-state index contributed by atoms with van der Waals surface area (Å²) in [6.45, 7) is 17.7. The fourth-order valence-electron chi connectivity index (χ4n) is 13.3. The molecule has 444 valence electrons. The van der Waals surface area contributed by atoms with Gasteiger partial charge >= 0.3 is 6.09 Å². The molecule has 6 heterocycles. The number of amides is 3. The van der Waals surface area contributed by atoms with Crippen LogP contribution in [-0.4, -0.2) is 135 Å². The second-order valence-corrected chi connectivity index (χ2v) is 25.5. The van der Waals surface area contributed by atoms with Crippen molar-refractivity contribution in [2.45, 2.75) is 153 Å². The van der Waals surface area contributed by atoms with Gasteiger partial charge in [-0.05, 0) is 107 Å². The van der Waals surface area contributed by atoms with Gasteiger partial charge in [0.15, 0.2) is 18.4 Å². The highest BCUT2D eigenvalue weighted by molar-refractivity contribution is 7.85. The SMILES string of the molecule is CO[C@H]1/C=C\C=C(/C)C(=O)NC2=CC(=O)C(NCCCCNC(=O)Cc3ccc4c(c3)C(C)(C)C3=C5C=C6C7=[N+](CCC6OC5CCN34)c3ccc(S(=O)(=O)[O-])cc3C7(C)C)=C(C[C@@H](C)C[C@H](OC)[C@H](O)[C@@H](C)/C=C(\C)[C@@H]1OC(N)=O)C2=O. The first-order chi connectivity index (χ1) is 39.2. The molecule has 0 saturated carbocycles. The van der Waals surface area contributed by atoms with Crippen LogP contribution in [0.25, 0.3) is 0 Å². The standard InChI is InChI=1S/C63H78N6O13S/c1-34-26-42-54(48(70)33-45(56(42)73)67-60(74)35(2)14-13-15-51(79-9)57(82-61(64)75)37(4)28-36(3)55(72)52(27-34)80-10)66-23-12-11-22-65-53(71)30-38-16-18-46-43(29-38)62(5,6)58-40-32-41-50(81-49(40)20-24-68(46)58)21-25-69-47-19-17-39(83(76,77)78)31-44(47)63(7,8)59(41)69/h13-19,28-29,31-34,36,49-52,55,57,72H,11-12,20-27,30H2,1-10H3,(H5-,64,65,66,67,70,71,73,74,75,76,77,78)/b15-13-,35-14+,37-28+/t34-,36+,49?,50?,51+,52+,55-,57+/m1/s1. The minimum Gasteiger partial charge on any atom is -0.744 e. The molecule has 19 nitrogen and oxygen atoms in total. The van der Waals surface area contributed by atoms with E-state index in [1.807, 2.05) is 13.0 Å². The van der Waals surface area contributed by atoms with Gasteiger partial charge in [-0.2, -0.15) is 4.58 Å². The largest absolute Gasteiger partial charge is 0.744 e. The third-order valence-electron chi connectivity index (χ3n) is 17.5. The third kappa shape index (κ3) is 12.1. The number of carbonyl (C=O) groups is 5. The van der Waals surface area contributed by atoms with Gasteiger partial charge < -0.3 is 55.2 Å². The smallest absolute Gasteiger partial charge is 0.405 e. The summed E-state index contributed by atoms with van der Waals surface area (Å²) in [6.07, 6.45) is 8.33. The Bertz CT molecular complexity index is 3400. The molecule has 2 aromatic carbocycles. The van der Waals surface area contributed by atoms with Crippen molar-refractivity contribution in [3.8, 4) is 0 Å². The zero-order valence-corrected chi connectivity index (χ0v) is 49.9. The lowest BCUT2D eigenvalue weighted by Gasteiger charge is -2.42. The number of carbonyl (C=O) groups excluding carboxylic acids is 5. The number of nitrogens with one attached hydrogen (secondary N) is 3. The molecule has 1 aliphatic carbocycles. The number of unbranched alkanes of at least 4 members (excludes halogenated alkanes) is 1. The molecule has 8 atom stereocenters. The summed E-state index contributed by atoms with van der Waals surface area (Å²) in [6, 6.07) is 10.9. The van der Waals surface area contributed by atoms with E-state index in [1.165, 1.54) is 32.4 Å². The Hall–Kier alpha value is -6.81. The summed E-state index contributed by atoms with van der Waals surface area (Å²) in [4.78, 5) is 69.3. The third-order valence-corrected chi connectivity index (χ3v) is 18.3. The predicted molar refractivity (Wildman–Crippen MR) is 311 cm³/mol. The predicted octanol–water partition coefficient (Wildman–Crippen LogP) is 6.32. The Labute approximate surface area is 486 Å². The number of rotatable bonds is 12. The number of fused-ring (bicyclic) bond motifs is 10. The molecule has 7 aliphatic rings. The number of Topliss-reactive ketones (excluding diaryl/α,β-unsaturated/α-hetero) is 1. The van der Waals surface area contributed by atoms with E-state index in [9.17, 15) is 42.0 Å². The van der Waals surface area contributed by atoms with Crippen LogP contribution in [-0.2, 0) is 65.5 Å². The second-order valence-electron chi connectivity index (χ2n) is 24.1. The van der Waals surface area contributed by atoms with E-state index < -0.39 is 74.8 Å². The number of anilines is 1. The Kier molecular flexibility index (Phi) is 17.6. The number of aliphatic hydroxyl groups is 1. The second kappa shape index (κ2) is 24.0. The maximum absolute atomic E-state index is 14.3. The zero-order valence-electron chi connectivity index (χ0n) is 49.1. The molecule has 3 amide bonds. The molecule has 6 aliphatic heterocycles. The summed E-state index contributed by atoms with van der Waals surface area (Å²) in [5.74, 6) is -2.55. The number of nitrogens with zero attached hydrogens (tertiary/aromatic N) is 2. The normalized spacial score (nSPS) is 28.6. The van der Waals surface area contributed by atoms with Crippen molar-refractivity contribution in [3.63, 3.8) is 0 Å². The molecule has 0 radical (unpaired) electrons. The number of primary amides is 1. The lowest BCUT2D eigenvalue weighted by Crippen LogP contribution is -2.47. The first-order valence-electron chi connectivity index (χ1n) is 28.6. The van der Waals surface area contributed by atoms with Gasteiger partial charge in [-0.1, -0.05) is 64.1 Å². The number of allylic oxidation sites excluding steroid dienone is 5. The lowest BCUT2D eigenvalue weighted by molar-refractivity contribution is -0.445. The van der Waals surface area contributed by atoms with Crippen LogP contribution in [0.15, 0.2) is 123 Å². The van der Waals surface area contributed by atoms with Crippen molar-refractivity contribution < 1.29 is 65.6 Å². The van der Waals surface area contributed by atoms with E-state index in [0.29, 0.717) is 44.5 Å². The topological polar surface area (TPSA) is 268 Å². The highest BCUT2D eigenvalue weighted by atomic mass is 32.2. The van der Waals surface area contributed by atoms with Crippen molar-refractivity contribution in [3.05, 3.63) is 135 Å². The van der Waals surface area contributed by atoms with Crippen LogP contribution in [0, 0.1) is 11.8 Å². The molecule has 2 aromatic rings. The Morgan fingerprint density at radius 1 is 0.964 bits per heavy atom. The van der Waals surface area contributed by atoms with Crippen molar-refractivity contribution >= 4 is 56.7 Å². The van der Waals surface area contributed by atoms with Gasteiger partial charge in [0.2, 0.25) is 23.2 Å². The summed E-state index contributed by atoms with van der Waals surface area (Å²) in [7, 11) is -1.73. The fourth-order valence-corrected chi connectivity index (χ4v) is 13.8. The van der Waals surface area contributed by atoms with Crippen LogP contribution in [0.2, 0.25) is 0 Å². The van der Waals surface area contributed by atoms with Crippen molar-refractivity contribution in [2.24, 2.45) is 17.6 Å². The monoisotopic (exact) mass is 1160 g/mol. The number of hydrogen-bond acceptors (Lipinski definition) is 15. The fraction of sp³-hybridized carbons (Fsp3) is 0.492. The molecule has 9 rings (SSSR count). The van der Waals surface area contributed by atoms with E-state index >= 15 is 0 Å². The summed E-state index contributed by atoms with van der Waals surface area (Å²) >= 11 is 0. The first kappa shape index (κ1) is 60.8. The van der Waals surface area contributed by atoms with Crippen LogP contribution in [0.3, 0.4) is 0 Å². The Morgan fingerprint density at radius 2 is 1.71 bits per heavy atom. The number of benzene rings is 2. The summed E-state index contributed by atoms with van der Waals surface area (Å²) < 4.78 is 62.4. The van der Waals surface area contributed by atoms with Crippen LogP contribution in [0.4, 0.5) is 16.2 Å². The van der Waals surface area contributed by atoms with Crippen LogP contribution in [0.5, 0.6) is 0 Å². The molecule has 0 aromatic heterocycles. The molecular weight excluding hydrogens is 1080 g/mol. The molecule has 0 fully saturated rings. The van der Waals surface area contributed by atoms with Crippen molar-refractivity contribution in [1.29, 1.82) is 0 Å². The minimum atomic E-state index is -4.64. The van der Waals surface area contributed by atoms with Gasteiger partial charge in [0.05, 0.1) is 52.5 Å². The van der Waals surface area contributed by atoms with Gasteiger partial charge in [-0.15, -0.1) is 0 Å². The number of ketones is 2. The van der Waals surface area contributed by atoms with Crippen LogP contribution < -0.4 is 26.6 Å². The Balaban J connectivity index is 0.851. The molecule has 6 N–H and O–H groups in total. The van der Waals surface area contributed by atoms with E-state index in [4.69, 9.17) is 24.7 Å². The number of aliphatic hydroxyl groups excluding tert-OH is 1. The summed E-state index contributed by atoms with van der Waals surface area (Å²) in [5.41, 5.74) is 14.6. The van der Waals surface area contributed by atoms with Crippen LogP contribution in [0.1, 0.15) is 111 Å². The van der Waals surface area contributed by atoms with Gasteiger partial charge in [-0.3, -0.25) is 19.2 Å². The van der Waals surface area contributed by atoms with E-state index in [0.717, 1.165) is 76.1 Å². The van der Waals surface area contributed by atoms with E-state index in [-0.39, 0.29) is 64.3 Å². The number of methoxy groups -OCH3 is 2. The average molecular weight is 1160 g/mol. The molecule has 0 saturated heterocycles. The van der Waals surface area contributed by atoms with Crippen molar-refractivity contribution in [2.75, 3.05) is 45.3 Å². The molecular formula is C63H78N6O13S. The maximum Gasteiger partial charge on any atom is 0.405 e. The number of nitrogens with two attached hydrogens (primary N) is 1. The lowest BCUT2D eigenvalue weighted by atomic mass is 9.74. The van der Waals surface area contributed by atoms with Gasteiger partial charge in [-0.25, -0.2) is 13.2 Å². The quantitative estimate of drug-likeness (QED) is 0.0512. The molecule has 2 bridgehead atoms. The van der Waals surface area contributed by atoms with Crippen LogP contribution >= 0.6 is 0 Å². The molecule has 0 spiro atoms. The maximum atomic E-state index is 14.3. The average Bonchev–Trinajstić information content (AvgIpc) is 1.73. The van der Waals surface area contributed by atoms with Gasteiger partial charge in [0, 0.05) is 103 Å². The molecule has 83 heavy (non-hydrogen) atoms. The molecule has 2 unspecified atom stereocenters. The molecule has 20 heteroatoms. The van der Waals surface area contributed by atoms with E-state index in [1.54, 1.807) is 45.1 Å². The highest BCUT2D eigenvalue weighted by Gasteiger charge is 2.55. The summed E-state index contributed by atoms with van der Waals surface area (Å²) in [5, 5.41) is 20.5.